The van der Waals surface area contributed by atoms with Crippen molar-refractivity contribution < 1.29 is 9.13 Å². The number of nitrogens with one attached hydrogen (secondary N) is 2. The molecule has 4 N–H and O–H groups in total. The third kappa shape index (κ3) is 2.27. The van der Waals surface area contributed by atoms with Crippen LogP contribution >= 0.6 is 11.6 Å². The molecule has 0 fully saturated rings. The molecule has 0 unspecified atom stereocenters. The highest BCUT2D eigenvalue weighted by Gasteiger charge is 2.36. The van der Waals surface area contributed by atoms with Crippen molar-refractivity contribution in [2.75, 3.05) is 0 Å². The molecule has 0 bridgehead atoms. The number of nitrogens with two attached hydrogens (primary N) is 1. The molecule has 23 heavy (non-hydrogen) atoms. The van der Waals surface area contributed by atoms with Crippen LogP contribution in [0.1, 0.15) is 17.0 Å². The molecule has 1 aliphatic heterocycles. The largest absolute Gasteiger partial charge is 0.424 e. The number of ether oxygens (including phenoxy) is 1. The van der Waals surface area contributed by atoms with E-state index in [4.69, 9.17) is 22.1 Å². The fraction of sp³-hybridized carbons (Fsp3) is 0.0714. The maximum absolute atomic E-state index is 14.3. The topological polar surface area (TPSA) is 125 Å². The van der Waals surface area contributed by atoms with E-state index in [2.05, 4.69) is 4.98 Å². The molecular weight excluding hydrogens is 327 g/mol. The van der Waals surface area contributed by atoms with Crippen molar-refractivity contribution in [2.24, 2.45) is 5.73 Å². The molecule has 1 atom stereocenters. The van der Waals surface area contributed by atoms with Crippen LogP contribution in [0.2, 0.25) is 5.02 Å². The first-order valence-corrected chi connectivity index (χ1v) is 6.69. The van der Waals surface area contributed by atoms with Gasteiger partial charge in [-0.05, 0) is 12.1 Å². The number of nitrogens with zero attached hydrogens (tertiary/aromatic N) is 1. The Labute approximate surface area is 132 Å². The summed E-state index contributed by atoms with van der Waals surface area (Å²) in [6, 6.07) is 5.74. The van der Waals surface area contributed by atoms with E-state index < -0.39 is 23.0 Å². The summed E-state index contributed by atoms with van der Waals surface area (Å²) in [5.74, 6) is -2.51. The molecule has 1 aliphatic rings. The number of nitriles is 1. The van der Waals surface area contributed by atoms with Gasteiger partial charge in [0.1, 0.15) is 17.5 Å². The van der Waals surface area contributed by atoms with Crippen molar-refractivity contribution in [3.05, 3.63) is 72.5 Å². The summed E-state index contributed by atoms with van der Waals surface area (Å²) in [5.41, 5.74) is 3.59. The van der Waals surface area contributed by atoms with E-state index >= 15 is 0 Å². The summed E-state index contributed by atoms with van der Waals surface area (Å²) >= 11 is 6.05. The molecule has 2 aromatic rings. The van der Waals surface area contributed by atoms with Crippen molar-refractivity contribution in [1.82, 2.24) is 9.97 Å². The van der Waals surface area contributed by atoms with E-state index in [0.717, 1.165) is 6.07 Å². The lowest BCUT2D eigenvalue weighted by molar-refractivity contribution is 0.372. The van der Waals surface area contributed by atoms with Gasteiger partial charge in [0.05, 0.1) is 11.5 Å². The Morgan fingerprint density at radius 1 is 1.30 bits per heavy atom. The highest BCUT2D eigenvalue weighted by molar-refractivity contribution is 6.31. The molecule has 0 saturated carbocycles. The second kappa shape index (κ2) is 5.30. The van der Waals surface area contributed by atoms with E-state index in [1.54, 1.807) is 6.07 Å². The van der Waals surface area contributed by atoms with Crippen LogP contribution in [0.4, 0.5) is 4.39 Å². The number of benzene rings is 1. The summed E-state index contributed by atoms with van der Waals surface area (Å²) in [6.07, 6.45) is 0. The van der Waals surface area contributed by atoms with Crippen molar-refractivity contribution in [1.29, 1.82) is 5.26 Å². The average Bonchev–Trinajstić information content (AvgIpc) is 2.46. The van der Waals surface area contributed by atoms with E-state index in [1.165, 1.54) is 12.1 Å². The number of aromatic amines is 2. The van der Waals surface area contributed by atoms with Gasteiger partial charge < -0.3 is 10.5 Å². The van der Waals surface area contributed by atoms with Gasteiger partial charge in [0.25, 0.3) is 5.56 Å². The maximum atomic E-state index is 14.3. The standard InChI is InChI=1S/C14H8ClFN4O3/c15-6-2-1-3-7(16)9(6)8-5(4-17)11(18)23-13-10(8)12(21)19-14(22)20-13/h1-3,8H,18H2,(H2,19,20,21,22)/t8-/m0/s1. The molecule has 3 rings (SSSR count). The lowest BCUT2D eigenvalue weighted by Crippen LogP contribution is -2.33. The Morgan fingerprint density at radius 3 is 2.70 bits per heavy atom. The second-order valence-corrected chi connectivity index (χ2v) is 5.12. The van der Waals surface area contributed by atoms with E-state index in [9.17, 15) is 19.2 Å². The van der Waals surface area contributed by atoms with Gasteiger partial charge in [0, 0.05) is 10.6 Å². The third-order valence-corrected chi connectivity index (χ3v) is 3.74. The van der Waals surface area contributed by atoms with Crippen molar-refractivity contribution in [3.8, 4) is 11.9 Å². The molecule has 1 aromatic heterocycles. The van der Waals surface area contributed by atoms with Crippen LogP contribution in [0, 0.1) is 17.1 Å². The quantitative estimate of drug-likeness (QED) is 0.719. The fourth-order valence-corrected chi connectivity index (χ4v) is 2.74. The molecule has 0 amide bonds. The van der Waals surface area contributed by atoms with Gasteiger partial charge >= 0.3 is 5.69 Å². The van der Waals surface area contributed by atoms with Gasteiger partial charge in [-0.2, -0.15) is 5.26 Å². The minimum Gasteiger partial charge on any atom is -0.424 e. The number of allylic oxidation sites excluding steroid dienone is 1. The molecule has 0 saturated heterocycles. The molecular formula is C14H8ClFN4O3. The van der Waals surface area contributed by atoms with Gasteiger partial charge in [0.2, 0.25) is 11.8 Å². The number of H-pyrrole nitrogens is 2. The summed E-state index contributed by atoms with van der Waals surface area (Å²) in [4.78, 5) is 27.8. The Balaban J connectivity index is 2.42. The van der Waals surface area contributed by atoms with E-state index in [1.807, 2.05) is 4.98 Å². The highest BCUT2D eigenvalue weighted by atomic mass is 35.5. The van der Waals surface area contributed by atoms with Crippen LogP contribution in [0.5, 0.6) is 5.88 Å². The van der Waals surface area contributed by atoms with Gasteiger partial charge in [-0.15, -0.1) is 0 Å². The van der Waals surface area contributed by atoms with Gasteiger partial charge in [-0.25, -0.2) is 9.18 Å². The van der Waals surface area contributed by atoms with Crippen LogP contribution in [-0.2, 0) is 0 Å². The Morgan fingerprint density at radius 2 is 2.04 bits per heavy atom. The number of aromatic nitrogens is 2. The molecule has 0 radical (unpaired) electrons. The predicted octanol–water partition coefficient (Wildman–Crippen LogP) is 1.07. The predicted molar refractivity (Wildman–Crippen MR) is 78.4 cm³/mol. The van der Waals surface area contributed by atoms with Crippen LogP contribution < -0.4 is 21.7 Å². The van der Waals surface area contributed by atoms with Gasteiger partial charge in [0.15, 0.2) is 0 Å². The smallest absolute Gasteiger partial charge is 0.328 e. The Bertz CT molecular complexity index is 982. The number of hydrogen-bond acceptors (Lipinski definition) is 5. The number of rotatable bonds is 1. The summed E-state index contributed by atoms with van der Waals surface area (Å²) in [7, 11) is 0. The number of halogens is 2. The Kier molecular flexibility index (Phi) is 3.42. The zero-order valence-corrected chi connectivity index (χ0v) is 12.1. The molecule has 0 aliphatic carbocycles. The molecule has 9 heteroatoms. The fourth-order valence-electron chi connectivity index (χ4n) is 2.46. The molecule has 7 nitrogen and oxygen atoms in total. The SMILES string of the molecule is N#CC1=C(N)Oc2[nH]c(=O)[nH]c(=O)c2[C@@H]1c1c(F)cccc1Cl. The van der Waals surface area contributed by atoms with Crippen LogP contribution in [0.15, 0.2) is 39.2 Å². The first-order valence-electron chi connectivity index (χ1n) is 6.32. The van der Waals surface area contributed by atoms with Gasteiger partial charge in [-0.1, -0.05) is 17.7 Å². The number of hydrogen-bond donors (Lipinski definition) is 3. The van der Waals surface area contributed by atoms with E-state index in [-0.39, 0.29) is 33.5 Å². The summed E-state index contributed by atoms with van der Waals surface area (Å²) in [5, 5.41) is 9.34. The monoisotopic (exact) mass is 334 g/mol. The molecule has 1 aromatic carbocycles. The lowest BCUT2D eigenvalue weighted by atomic mass is 9.85. The van der Waals surface area contributed by atoms with Crippen LogP contribution in [0.3, 0.4) is 0 Å². The van der Waals surface area contributed by atoms with Crippen LogP contribution in [0.25, 0.3) is 0 Å². The molecule has 116 valence electrons. The van der Waals surface area contributed by atoms with Crippen molar-refractivity contribution in [3.63, 3.8) is 0 Å². The Hall–Kier alpha value is -3.05. The summed E-state index contributed by atoms with van der Waals surface area (Å²) in [6.45, 7) is 0. The molecule has 2 heterocycles. The summed E-state index contributed by atoms with van der Waals surface area (Å²) < 4.78 is 19.4. The second-order valence-electron chi connectivity index (χ2n) is 4.71. The van der Waals surface area contributed by atoms with Crippen LogP contribution in [-0.4, -0.2) is 9.97 Å². The normalized spacial score (nSPS) is 16.5. The highest BCUT2D eigenvalue weighted by Crippen LogP contribution is 2.42. The third-order valence-electron chi connectivity index (χ3n) is 3.41. The minimum absolute atomic E-state index is 0.00833. The minimum atomic E-state index is -1.20. The van der Waals surface area contributed by atoms with Crippen molar-refractivity contribution >= 4 is 11.6 Å². The van der Waals surface area contributed by atoms with Gasteiger partial charge in [-0.3, -0.25) is 14.8 Å². The maximum Gasteiger partial charge on any atom is 0.328 e. The zero-order valence-electron chi connectivity index (χ0n) is 11.3. The molecule has 0 spiro atoms. The first kappa shape index (κ1) is 14.9. The average molecular weight is 335 g/mol. The van der Waals surface area contributed by atoms with Crippen molar-refractivity contribution in [2.45, 2.75) is 5.92 Å². The lowest BCUT2D eigenvalue weighted by Gasteiger charge is -2.25. The van der Waals surface area contributed by atoms with E-state index in [0.29, 0.717) is 0 Å². The zero-order chi connectivity index (χ0) is 16.7. The number of fused-ring (bicyclic) bond motifs is 1. The first-order chi connectivity index (χ1) is 10.9.